The van der Waals surface area contributed by atoms with E-state index in [0.717, 1.165) is 11.1 Å². The largest absolute Gasteiger partial charge is 0.325 e. The Labute approximate surface area is 72.2 Å². The Morgan fingerprint density at radius 2 is 2.17 bits per heavy atom. The summed E-state index contributed by atoms with van der Waals surface area (Å²) in [5.41, 5.74) is 7.65. The lowest BCUT2D eigenvalue weighted by Crippen LogP contribution is -2.14. The van der Waals surface area contributed by atoms with Crippen LogP contribution in [0.2, 0.25) is 0 Å². The molecule has 2 nitrogen and oxygen atoms in total. The number of hydrogen-bond donors (Lipinski definition) is 2. The van der Waals surface area contributed by atoms with Crippen LogP contribution >= 0.6 is 0 Å². The lowest BCUT2D eigenvalue weighted by atomic mass is 10.0. The van der Waals surface area contributed by atoms with Crippen LogP contribution in [0.25, 0.3) is 6.08 Å². The van der Waals surface area contributed by atoms with Crippen molar-refractivity contribution < 1.29 is 0 Å². The van der Waals surface area contributed by atoms with Crippen molar-refractivity contribution >= 4 is 11.8 Å². The lowest BCUT2D eigenvalue weighted by Gasteiger charge is -2.04. The summed E-state index contributed by atoms with van der Waals surface area (Å²) in [6, 6.07) is 7.62. The van der Waals surface area contributed by atoms with Gasteiger partial charge in [-0.3, -0.25) is 0 Å². The van der Waals surface area contributed by atoms with Gasteiger partial charge in [-0.05, 0) is 5.56 Å². The molecule has 12 heavy (non-hydrogen) atoms. The van der Waals surface area contributed by atoms with Crippen LogP contribution in [-0.4, -0.2) is 12.3 Å². The zero-order valence-electron chi connectivity index (χ0n) is 6.88. The molecule has 0 fully saturated rings. The highest BCUT2D eigenvalue weighted by Gasteiger charge is 2.01. The first-order valence-corrected chi connectivity index (χ1v) is 3.79. The van der Waals surface area contributed by atoms with Crippen molar-refractivity contribution in [2.45, 2.75) is 0 Å². The van der Waals surface area contributed by atoms with Crippen molar-refractivity contribution in [1.82, 2.24) is 0 Å². The van der Waals surface area contributed by atoms with Gasteiger partial charge < -0.3 is 11.1 Å². The maximum Gasteiger partial charge on any atom is 0.0528 e. The summed E-state index contributed by atoms with van der Waals surface area (Å²) in [6.07, 6.45) is 1.74. The smallest absolute Gasteiger partial charge is 0.0528 e. The quantitative estimate of drug-likeness (QED) is 0.649. The van der Waals surface area contributed by atoms with Crippen molar-refractivity contribution in [2.75, 3.05) is 6.54 Å². The fourth-order valence-corrected chi connectivity index (χ4v) is 1.06. The number of nitrogens with one attached hydrogen (secondary N) is 1. The van der Waals surface area contributed by atoms with E-state index in [9.17, 15) is 0 Å². The van der Waals surface area contributed by atoms with Gasteiger partial charge in [-0.25, -0.2) is 0 Å². The molecule has 0 spiro atoms. The normalized spacial score (nSPS) is 9.42. The predicted molar refractivity (Wildman–Crippen MR) is 52.4 cm³/mol. The molecule has 1 aromatic carbocycles. The van der Waals surface area contributed by atoms with Gasteiger partial charge in [-0.2, -0.15) is 0 Å². The standard InChI is InChI=1S/C10H12N2/c1-2-8-5-3-4-6-9(8)10(12)7-11/h2-6,12H,1,7,11H2. The van der Waals surface area contributed by atoms with Crippen LogP contribution in [0.4, 0.5) is 0 Å². The SMILES string of the molecule is C=Cc1ccccc1C(=N)CN. The highest BCUT2D eigenvalue weighted by atomic mass is 14.6. The second kappa shape index (κ2) is 3.83. The van der Waals surface area contributed by atoms with Gasteiger partial charge in [0.25, 0.3) is 0 Å². The van der Waals surface area contributed by atoms with Gasteiger partial charge in [-0.15, -0.1) is 0 Å². The second-order valence-electron chi connectivity index (χ2n) is 2.47. The van der Waals surface area contributed by atoms with E-state index >= 15 is 0 Å². The molecule has 0 bridgehead atoms. The average molecular weight is 160 g/mol. The minimum absolute atomic E-state index is 0.269. The predicted octanol–water partition coefficient (Wildman–Crippen LogP) is 1.66. The molecule has 0 aliphatic rings. The number of hydrogen-bond acceptors (Lipinski definition) is 2. The van der Waals surface area contributed by atoms with Crippen LogP contribution in [0.15, 0.2) is 30.8 Å². The van der Waals surface area contributed by atoms with E-state index in [4.69, 9.17) is 11.1 Å². The molecule has 0 aliphatic heterocycles. The van der Waals surface area contributed by atoms with E-state index < -0.39 is 0 Å². The number of benzene rings is 1. The van der Waals surface area contributed by atoms with Gasteiger partial charge in [0.15, 0.2) is 0 Å². The van der Waals surface area contributed by atoms with Crippen molar-refractivity contribution in [3.8, 4) is 0 Å². The van der Waals surface area contributed by atoms with Gasteiger partial charge in [0.05, 0.1) is 5.71 Å². The summed E-state index contributed by atoms with van der Waals surface area (Å²) in [7, 11) is 0. The fraction of sp³-hybridized carbons (Fsp3) is 0.100. The van der Waals surface area contributed by atoms with Gasteiger partial charge in [0.1, 0.15) is 0 Å². The van der Waals surface area contributed by atoms with E-state index in [1.807, 2.05) is 24.3 Å². The molecule has 0 amide bonds. The molecule has 3 N–H and O–H groups in total. The van der Waals surface area contributed by atoms with E-state index in [1.54, 1.807) is 6.08 Å². The van der Waals surface area contributed by atoms with Crippen LogP contribution in [0.5, 0.6) is 0 Å². The lowest BCUT2D eigenvalue weighted by molar-refractivity contribution is 1.26. The Hall–Kier alpha value is -1.41. The van der Waals surface area contributed by atoms with Crippen LogP contribution in [-0.2, 0) is 0 Å². The van der Waals surface area contributed by atoms with Crippen LogP contribution < -0.4 is 5.73 Å². The topological polar surface area (TPSA) is 49.9 Å². The molecule has 0 heterocycles. The molecule has 0 aliphatic carbocycles. The first-order chi connectivity index (χ1) is 5.79. The van der Waals surface area contributed by atoms with Crippen molar-refractivity contribution in [1.29, 1.82) is 5.41 Å². The molecule has 0 aromatic heterocycles. The van der Waals surface area contributed by atoms with E-state index in [1.165, 1.54) is 0 Å². The van der Waals surface area contributed by atoms with Crippen LogP contribution in [0.3, 0.4) is 0 Å². The molecule has 62 valence electrons. The maximum absolute atomic E-state index is 7.55. The summed E-state index contributed by atoms with van der Waals surface area (Å²) in [5, 5.41) is 7.55. The minimum Gasteiger partial charge on any atom is -0.325 e. The summed E-state index contributed by atoms with van der Waals surface area (Å²) >= 11 is 0. The Morgan fingerprint density at radius 1 is 1.50 bits per heavy atom. The molecular weight excluding hydrogens is 148 g/mol. The molecule has 0 atom stereocenters. The van der Waals surface area contributed by atoms with Crippen LogP contribution in [0.1, 0.15) is 11.1 Å². The summed E-state index contributed by atoms with van der Waals surface area (Å²) < 4.78 is 0. The Balaban J connectivity index is 3.13. The summed E-state index contributed by atoms with van der Waals surface area (Å²) in [4.78, 5) is 0. The molecular formula is C10H12N2. The first kappa shape index (κ1) is 8.68. The van der Waals surface area contributed by atoms with Crippen molar-refractivity contribution in [3.05, 3.63) is 42.0 Å². The highest BCUT2D eigenvalue weighted by molar-refractivity contribution is 6.02. The molecule has 0 unspecified atom stereocenters. The monoisotopic (exact) mass is 160 g/mol. The number of nitrogens with two attached hydrogens (primary N) is 1. The molecule has 1 aromatic rings. The van der Waals surface area contributed by atoms with Gasteiger partial charge in [0, 0.05) is 12.1 Å². The third-order valence-corrected chi connectivity index (χ3v) is 1.71. The molecule has 1 rings (SSSR count). The Morgan fingerprint density at radius 3 is 2.75 bits per heavy atom. The third kappa shape index (κ3) is 1.60. The van der Waals surface area contributed by atoms with Crippen LogP contribution in [0, 0.1) is 5.41 Å². The minimum atomic E-state index is 0.269. The van der Waals surface area contributed by atoms with Gasteiger partial charge in [0.2, 0.25) is 0 Å². The molecule has 0 radical (unpaired) electrons. The van der Waals surface area contributed by atoms with Crippen molar-refractivity contribution in [2.24, 2.45) is 5.73 Å². The van der Waals surface area contributed by atoms with E-state index in [-0.39, 0.29) is 6.54 Å². The molecule has 0 saturated heterocycles. The van der Waals surface area contributed by atoms with E-state index in [2.05, 4.69) is 6.58 Å². The summed E-state index contributed by atoms with van der Waals surface area (Å²) in [6.45, 7) is 3.94. The van der Waals surface area contributed by atoms with E-state index in [0.29, 0.717) is 5.71 Å². The maximum atomic E-state index is 7.55. The summed E-state index contributed by atoms with van der Waals surface area (Å²) in [5.74, 6) is 0. The zero-order chi connectivity index (χ0) is 8.97. The van der Waals surface area contributed by atoms with Gasteiger partial charge in [-0.1, -0.05) is 36.9 Å². The Bertz CT molecular complexity index is 302. The average Bonchev–Trinajstić information content (AvgIpc) is 2.16. The molecule has 0 saturated carbocycles. The van der Waals surface area contributed by atoms with Crippen molar-refractivity contribution in [3.63, 3.8) is 0 Å². The molecule has 2 heteroatoms. The third-order valence-electron chi connectivity index (χ3n) is 1.71. The second-order valence-corrected chi connectivity index (χ2v) is 2.47. The fourth-order valence-electron chi connectivity index (χ4n) is 1.06. The number of rotatable bonds is 3. The van der Waals surface area contributed by atoms with Gasteiger partial charge >= 0.3 is 0 Å². The zero-order valence-corrected chi connectivity index (χ0v) is 6.88. The first-order valence-electron chi connectivity index (χ1n) is 3.79. The highest BCUT2D eigenvalue weighted by Crippen LogP contribution is 2.09. The Kier molecular flexibility index (Phi) is 2.77.